The normalized spacial score (nSPS) is 10.7. The van der Waals surface area contributed by atoms with Crippen LogP contribution in [0.1, 0.15) is 16.2 Å². The molecule has 27 heavy (non-hydrogen) atoms. The van der Waals surface area contributed by atoms with Gasteiger partial charge >= 0.3 is 0 Å². The Labute approximate surface area is 168 Å². The Balaban J connectivity index is 1.55. The van der Waals surface area contributed by atoms with E-state index in [9.17, 15) is 4.79 Å². The van der Waals surface area contributed by atoms with Crippen molar-refractivity contribution in [1.82, 2.24) is 20.0 Å². The zero-order chi connectivity index (χ0) is 18.8. The second-order valence-corrected chi connectivity index (χ2v) is 7.55. The summed E-state index contributed by atoms with van der Waals surface area (Å²) in [4.78, 5) is 17.1. The number of nitrogens with zero attached hydrogens (tertiary/aromatic N) is 4. The van der Waals surface area contributed by atoms with Gasteiger partial charge < -0.3 is 0 Å². The van der Waals surface area contributed by atoms with Gasteiger partial charge in [0, 0.05) is 15.4 Å². The average molecular weight is 440 g/mol. The van der Waals surface area contributed by atoms with Crippen LogP contribution < -0.4 is 5.32 Å². The molecule has 1 N–H and O–H groups in total. The van der Waals surface area contributed by atoms with E-state index in [4.69, 9.17) is 0 Å². The average Bonchev–Trinajstić information content (AvgIpc) is 3.29. The van der Waals surface area contributed by atoms with Crippen molar-refractivity contribution in [2.45, 2.75) is 6.92 Å². The lowest BCUT2D eigenvalue weighted by atomic mass is 10.2. The number of amides is 1. The van der Waals surface area contributed by atoms with E-state index >= 15 is 0 Å². The quantitative estimate of drug-likeness (QED) is 0.499. The number of carbonyl (C=O) groups is 1. The van der Waals surface area contributed by atoms with Gasteiger partial charge in [-0.25, -0.2) is 9.67 Å². The predicted molar refractivity (Wildman–Crippen MR) is 109 cm³/mol. The van der Waals surface area contributed by atoms with E-state index in [0.717, 1.165) is 21.4 Å². The summed E-state index contributed by atoms with van der Waals surface area (Å²) >= 11 is 4.81. The summed E-state index contributed by atoms with van der Waals surface area (Å²) in [7, 11) is 0. The molecule has 0 spiro atoms. The van der Waals surface area contributed by atoms with Crippen LogP contribution in [0.25, 0.3) is 16.9 Å². The van der Waals surface area contributed by atoms with Crippen LogP contribution in [0.2, 0.25) is 0 Å². The van der Waals surface area contributed by atoms with Gasteiger partial charge in [-0.1, -0.05) is 57.5 Å². The SMILES string of the molecule is Cc1c(C(=O)Nc2nc(-c3ccccc3)cs2)nnn1-c1cccc(Br)c1. The Morgan fingerprint density at radius 1 is 1.15 bits per heavy atom. The van der Waals surface area contributed by atoms with Crippen molar-refractivity contribution in [2.24, 2.45) is 0 Å². The fraction of sp³-hybridized carbons (Fsp3) is 0.0526. The molecular formula is C19H14BrN5OS. The van der Waals surface area contributed by atoms with E-state index in [-0.39, 0.29) is 11.6 Å². The molecule has 0 aliphatic carbocycles. The lowest BCUT2D eigenvalue weighted by Gasteiger charge is -2.04. The van der Waals surface area contributed by atoms with Crippen molar-refractivity contribution in [1.29, 1.82) is 0 Å². The summed E-state index contributed by atoms with van der Waals surface area (Å²) in [6.07, 6.45) is 0. The van der Waals surface area contributed by atoms with E-state index < -0.39 is 0 Å². The van der Waals surface area contributed by atoms with Crippen LogP contribution in [-0.2, 0) is 0 Å². The monoisotopic (exact) mass is 439 g/mol. The van der Waals surface area contributed by atoms with Gasteiger partial charge in [-0.15, -0.1) is 16.4 Å². The van der Waals surface area contributed by atoms with Gasteiger partial charge in [-0.2, -0.15) is 0 Å². The molecule has 0 unspecified atom stereocenters. The highest BCUT2D eigenvalue weighted by molar-refractivity contribution is 9.10. The lowest BCUT2D eigenvalue weighted by molar-refractivity contribution is 0.102. The van der Waals surface area contributed by atoms with Crippen LogP contribution in [0, 0.1) is 6.92 Å². The van der Waals surface area contributed by atoms with Crippen LogP contribution in [0.5, 0.6) is 0 Å². The van der Waals surface area contributed by atoms with Crippen molar-refractivity contribution < 1.29 is 4.79 Å². The fourth-order valence-electron chi connectivity index (χ4n) is 2.62. The van der Waals surface area contributed by atoms with Crippen LogP contribution >= 0.6 is 27.3 Å². The van der Waals surface area contributed by atoms with Gasteiger partial charge in [0.2, 0.25) is 0 Å². The second-order valence-electron chi connectivity index (χ2n) is 5.77. The molecule has 0 saturated carbocycles. The molecule has 0 saturated heterocycles. The first-order valence-electron chi connectivity index (χ1n) is 8.12. The van der Waals surface area contributed by atoms with Crippen molar-refractivity contribution >= 4 is 38.3 Å². The number of anilines is 1. The predicted octanol–water partition coefficient (Wildman–Crippen LogP) is 4.71. The van der Waals surface area contributed by atoms with Crippen LogP contribution in [0.3, 0.4) is 0 Å². The van der Waals surface area contributed by atoms with Gasteiger partial charge in [0.05, 0.1) is 17.1 Å². The Morgan fingerprint density at radius 3 is 2.74 bits per heavy atom. The molecule has 0 atom stereocenters. The summed E-state index contributed by atoms with van der Waals surface area (Å²) in [6.45, 7) is 1.81. The Hall–Kier alpha value is -2.84. The molecule has 2 aromatic heterocycles. The van der Waals surface area contributed by atoms with E-state index in [0.29, 0.717) is 10.8 Å². The van der Waals surface area contributed by atoms with Crippen LogP contribution in [-0.4, -0.2) is 25.9 Å². The van der Waals surface area contributed by atoms with Crippen LogP contribution in [0.4, 0.5) is 5.13 Å². The summed E-state index contributed by atoms with van der Waals surface area (Å²) in [6, 6.07) is 17.5. The fourth-order valence-corrected chi connectivity index (χ4v) is 3.72. The van der Waals surface area contributed by atoms with E-state index in [1.54, 1.807) is 4.68 Å². The zero-order valence-electron chi connectivity index (χ0n) is 14.3. The first kappa shape index (κ1) is 17.6. The highest BCUT2D eigenvalue weighted by Gasteiger charge is 2.19. The van der Waals surface area contributed by atoms with Gasteiger partial charge in [0.15, 0.2) is 10.8 Å². The molecule has 4 aromatic rings. The number of thiazole rings is 1. The zero-order valence-corrected chi connectivity index (χ0v) is 16.7. The van der Waals surface area contributed by atoms with Crippen LogP contribution in [0.15, 0.2) is 64.5 Å². The largest absolute Gasteiger partial charge is 0.296 e. The molecule has 134 valence electrons. The Bertz CT molecular complexity index is 1110. The van der Waals surface area contributed by atoms with Crippen molar-refractivity contribution in [2.75, 3.05) is 5.32 Å². The molecule has 2 heterocycles. The molecule has 8 heteroatoms. The summed E-state index contributed by atoms with van der Waals surface area (Å²) in [5, 5.41) is 13.4. The van der Waals surface area contributed by atoms with Gasteiger partial charge in [-0.3, -0.25) is 10.1 Å². The van der Waals surface area contributed by atoms with E-state index in [1.165, 1.54) is 11.3 Å². The maximum absolute atomic E-state index is 12.6. The Kier molecular flexibility index (Phi) is 4.83. The molecule has 0 bridgehead atoms. The lowest BCUT2D eigenvalue weighted by Crippen LogP contribution is -2.14. The maximum atomic E-state index is 12.6. The third kappa shape index (κ3) is 3.67. The van der Waals surface area contributed by atoms with Crippen molar-refractivity contribution in [3.05, 3.63) is 75.8 Å². The van der Waals surface area contributed by atoms with Gasteiger partial charge in [0.25, 0.3) is 5.91 Å². The number of carbonyl (C=O) groups excluding carboxylic acids is 1. The van der Waals surface area contributed by atoms with E-state index in [2.05, 4.69) is 36.5 Å². The standard InChI is InChI=1S/C19H14BrN5OS/c1-12-17(23-24-25(12)15-9-5-8-14(20)10-15)18(26)22-19-21-16(11-27-19)13-6-3-2-4-7-13/h2-11H,1H3,(H,21,22,26). The molecular weight excluding hydrogens is 426 g/mol. The molecule has 0 aliphatic rings. The molecule has 6 nitrogen and oxygen atoms in total. The maximum Gasteiger partial charge on any atom is 0.279 e. The smallest absolute Gasteiger partial charge is 0.279 e. The summed E-state index contributed by atoms with van der Waals surface area (Å²) in [5.41, 5.74) is 3.59. The third-order valence-electron chi connectivity index (χ3n) is 3.96. The molecule has 2 aromatic carbocycles. The summed E-state index contributed by atoms with van der Waals surface area (Å²) < 4.78 is 2.56. The molecule has 0 fully saturated rings. The highest BCUT2D eigenvalue weighted by atomic mass is 79.9. The van der Waals surface area contributed by atoms with Crippen molar-refractivity contribution in [3.8, 4) is 16.9 Å². The number of halogens is 1. The minimum absolute atomic E-state index is 0.270. The number of hydrogen-bond acceptors (Lipinski definition) is 5. The first-order valence-corrected chi connectivity index (χ1v) is 9.79. The molecule has 0 aliphatic heterocycles. The number of hydrogen-bond donors (Lipinski definition) is 1. The number of rotatable bonds is 4. The van der Waals surface area contributed by atoms with Crippen molar-refractivity contribution in [3.63, 3.8) is 0 Å². The molecule has 1 amide bonds. The number of aromatic nitrogens is 4. The first-order chi connectivity index (χ1) is 13.1. The van der Waals surface area contributed by atoms with Gasteiger partial charge in [0.1, 0.15) is 0 Å². The van der Waals surface area contributed by atoms with E-state index in [1.807, 2.05) is 66.9 Å². The number of nitrogens with one attached hydrogen (secondary N) is 1. The molecule has 0 radical (unpaired) electrons. The highest BCUT2D eigenvalue weighted by Crippen LogP contribution is 2.25. The second kappa shape index (κ2) is 7.42. The Morgan fingerprint density at radius 2 is 1.96 bits per heavy atom. The topological polar surface area (TPSA) is 72.7 Å². The molecule has 4 rings (SSSR count). The number of benzene rings is 2. The third-order valence-corrected chi connectivity index (χ3v) is 5.21. The van der Waals surface area contributed by atoms with Gasteiger partial charge in [-0.05, 0) is 25.1 Å². The minimum Gasteiger partial charge on any atom is -0.296 e. The minimum atomic E-state index is -0.331. The summed E-state index contributed by atoms with van der Waals surface area (Å²) in [5.74, 6) is -0.331.